The molecule has 0 fully saturated rings. The molecule has 2 aromatic carbocycles. The van der Waals surface area contributed by atoms with Crippen molar-refractivity contribution in [1.82, 2.24) is 9.78 Å². The van der Waals surface area contributed by atoms with E-state index in [4.69, 9.17) is 14.2 Å². The van der Waals surface area contributed by atoms with Crippen LogP contribution in [0.2, 0.25) is 25.7 Å². The molecule has 0 bridgehead atoms. The van der Waals surface area contributed by atoms with E-state index in [1.807, 2.05) is 30.3 Å². The quantitative estimate of drug-likeness (QED) is 0.209. The number of ether oxygens (including phenoxy) is 3. The minimum absolute atomic E-state index is 0.0242. The molecule has 0 radical (unpaired) electrons. The average Bonchev–Trinajstić information content (AvgIpc) is 3.33. The van der Waals surface area contributed by atoms with E-state index < -0.39 is 8.07 Å². The van der Waals surface area contributed by atoms with Crippen molar-refractivity contribution in [1.29, 1.82) is 0 Å². The number of hydrogen-bond donors (Lipinski definition) is 0. The zero-order valence-electron chi connectivity index (χ0n) is 17.8. The van der Waals surface area contributed by atoms with Crippen molar-refractivity contribution in [3.63, 3.8) is 0 Å². The number of fused-ring (bicyclic) bond motifs is 2. The van der Waals surface area contributed by atoms with E-state index in [9.17, 15) is 10.1 Å². The Labute approximate surface area is 181 Å². The van der Waals surface area contributed by atoms with Crippen LogP contribution < -0.4 is 9.47 Å². The zero-order valence-corrected chi connectivity index (χ0v) is 18.8. The van der Waals surface area contributed by atoms with Gasteiger partial charge in [0.05, 0.1) is 16.1 Å². The lowest BCUT2D eigenvalue weighted by Crippen LogP contribution is -2.22. The molecule has 0 amide bonds. The van der Waals surface area contributed by atoms with Crippen molar-refractivity contribution in [2.24, 2.45) is 0 Å². The van der Waals surface area contributed by atoms with Crippen molar-refractivity contribution in [3.05, 3.63) is 57.8 Å². The third-order valence-electron chi connectivity index (χ3n) is 5.02. The first-order valence-electron chi connectivity index (χ1n) is 10.1. The van der Waals surface area contributed by atoms with Crippen molar-refractivity contribution >= 4 is 36.8 Å². The van der Waals surface area contributed by atoms with Gasteiger partial charge in [0, 0.05) is 20.7 Å². The summed E-state index contributed by atoms with van der Waals surface area (Å²) in [5.41, 5.74) is 2.11. The molecule has 4 rings (SSSR count). The number of non-ortho nitro benzene ring substituents is 1. The molecule has 1 aliphatic rings. The van der Waals surface area contributed by atoms with Crippen LogP contribution in [0.3, 0.4) is 0 Å². The van der Waals surface area contributed by atoms with Crippen molar-refractivity contribution < 1.29 is 19.1 Å². The summed E-state index contributed by atoms with van der Waals surface area (Å²) >= 11 is 0. The Kier molecular flexibility index (Phi) is 5.79. The predicted molar refractivity (Wildman–Crippen MR) is 122 cm³/mol. The highest BCUT2D eigenvalue weighted by molar-refractivity contribution is 6.76. The third kappa shape index (κ3) is 4.78. The summed E-state index contributed by atoms with van der Waals surface area (Å²) in [6.07, 6.45) is 3.64. The van der Waals surface area contributed by atoms with E-state index in [0.29, 0.717) is 34.7 Å². The molecule has 0 saturated heterocycles. The summed E-state index contributed by atoms with van der Waals surface area (Å²) < 4.78 is 18.3. The Bertz CT molecular complexity index is 1150. The first kappa shape index (κ1) is 21.1. The average molecular weight is 440 g/mol. The summed E-state index contributed by atoms with van der Waals surface area (Å²) in [6, 6.07) is 11.7. The summed E-state index contributed by atoms with van der Waals surface area (Å²) in [5, 5.41) is 16.7. The summed E-state index contributed by atoms with van der Waals surface area (Å²) in [6.45, 7) is 7.99. The van der Waals surface area contributed by atoms with Gasteiger partial charge in [-0.2, -0.15) is 5.10 Å². The number of nitro benzene ring substituents is 1. The first-order chi connectivity index (χ1) is 14.8. The number of aromatic nitrogens is 2. The minimum Gasteiger partial charge on any atom is -0.454 e. The molecule has 0 saturated carbocycles. The molecule has 31 heavy (non-hydrogen) atoms. The van der Waals surface area contributed by atoms with E-state index in [2.05, 4.69) is 24.7 Å². The maximum atomic E-state index is 11.6. The highest BCUT2D eigenvalue weighted by Gasteiger charge is 2.20. The van der Waals surface area contributed by atoms with Gasteiger partial charge in [-0.3, -0.25) is 10.1 Å². The molecule has 2 heterocycles. The van der Waals surface area contributed by atoms with Gasteiger partial charge in [-0.15, -0.1) is 0 Å². The van der Waals surface area contributed by atoms with Gasteiger partial charge in [0.15, 0.2) is 11.5 Å². The Morgan fingerprint density at radius 1 is 1.19 bits per heavy atom. The molecule has 8 nitrogen and oxygen atoms in total. The minimum atomic E-state index is -1.20. The van der Waals surface area contributed by atoms with Crippen LogP contribution >= 0.6 is 0 Å². The van der Waals surface area contributed by atoms with E-state index in [1.165, 1.54) is 6.07 Å². The van der Waals surface area contributed by atoms with Crippen LogP contribution in [0.4, 0.5) is 5.69 Å². The zero-order chi connectivity index (χ0) is 22.0. The van der Waals surface area contributed by atoms with E-state index in [0.717, 1.165) is 11.6 Å². The number of hydrogen-bond acceptors (Lipinski definition) is 6. The molecule has 0 unspecified atom stereocenters. The predicted octanol–water partition coefficient (Wildman–Crippen LogP) is 5.16. The Morgan fingerprint density at radius 3 is 2.77 bits per heavy atom. The molecule has 9 heteroatoms. The topological polar surface area (TPSA) is 88.7 Å². The van der Waals surface area contributed by atoms with E-state index in [1.54, 1.807) is 16.8 Å². The normalized spacial score (nSPS) is 13.4. The summed E-state index contributed by atoms with van der Waals surface area (Å²) in [4.78, 5) is 11.3. The van der Waals surface area contributed by atoms with Crippen LogP contribution in [0.5, 0.6) is 11.5 Å². The number of benzene rings is 2. The van der Waals surface area contributed by atoms with Gasteiger partial charge in [-0.05, 0) is 35.9 Å². The largest absolute Gasteiger partial charge is 0.454 e. The molecule has 162 valence electrons. The van der Waals surface area contributed by atoms with Crippen LogP contribution in [0.15, 0.2) is 36.4 Å². The van der Waals surface area contributed by atoms with Crippen molar-refractivity contribution in [2.45, 2.75) is 32.4 Å². The van der Waals surface area contributed by atoms with E-state index in [-0.39, 0.29) is 24.1 Å². The highest BCUT2D eigenvalue weighted by atomic mass is 28.3. The lowest BCUT2D eigenvalue weighted by molar-refractivity contribution is -0.383. The molecule has 3 aromatic rings. The van der Waals surface area contributed by atoms with Gasteiger partial charge in [-0.25, -0.2) is 4.68 Å². The van der Waals surface area contributed by atoms with Crippen LogP contribution in [-0.4, -0.2) is 36.2 Å². The Hall–Kier alpha value is -3.17. The molecular weight excluding hydrogens is 414 g/mol. The lowest BCUT2D eigenvalue weighted by Gasteiger charge is -2.15. The molecule has 0 aliphatic carbocycles. The molecular formula is C22H25N3O5Si. The van der Waals surface area contributed by atoms with E-state index >= 15 is 0 Å². The maximum Gasteiger partial charge on any atom is 0.281 e. The second-order valence-electron chi connectivity index (χ2n) is 8.61. The van der Waals surface area contributed by atoms with Crippen LogP contribution in [0.25, 0.3) is 23.1 Å². The Balaban J connectivity index is 1.64. The lowest BCUT2D eigenvalue weighted by atomic mass is 10.1. The van der Waals surface area contributed by atoms with Crippen molar-refractivity contribution in [3.8, 4) is 11.5 Å². The second kappa shape index (κ2) is 8.52. The fourth-order valence-corrected chi connectivity index (χ4v) is 4.08. The second-order valence-corrected chi connectivity index (χ2v) is 14.2. The van der Waals surface area contributed by atoms with Gasteiger partial charge >= 0.3 is 0 Å². The van der Waals surface area contributed by atoms with Gasteiger partial charge in [0.25, 0.3) is 5.69 Å². The van der Waals surface area contributed by atoms with Crippen LogP contribution in [0, 0.1) is 10.1 Å². The molecule has 0 atom stereocenters. The number of nitro groups is 1. The summed E-state index contributed by atoms with van der Waals surface area (Å²) in [7, 11) is -1.20. The highest BCUT2D eigenvalue weighted by Crippen LogP contribution is 2.34. The Morgan fingerprint density at radius 2 is 2.00 bits per heavy atom. The molecule has 0 N–H and O–H groups in total. The van der Waals surface area contributed by atoms with Crippen LogP contribution in [-0.2, 0) is 11.5 Å². The SMILES string of the molecule is C[Si](C)(C)CCOCn1nc(C=Cc2ccc3c(c2)OCO3)c2c([N+](=O)[O-])cccc21. The summed E-state index contributed by atoms with van der Waals surface area (Å²) in [5.74, 6) is 1.39. The fraction of sp³-hybridized carbons (Fsp3) is 0.318. The first-order valence-corrected chi connectivity index (χ1v) is 13.8. The van der Waals surface area contributed by atoms with Gasteiger partial charge in [0.2, 0.25) is 6.79 Å². The standard InChI is InChI=1S/C22H25N3O5Si/c1-31(2,3)12-11-28-14-24-18-5-4-6-19(25(26)27)22(18)17(23-24)9-7-16-8-10-20-21(13-16)30-15-29-20/h4-10,13H,11-12,14-15H2,1-3H3. The van der Waals surface area contributed by atoms with Gasteiger partial charge in [0.1, 0.15) is 12.1 Å². The molecule has 1 aliphatic heterocycles. The molecule has 0 spiro atoms. The fourth-order valence-electron chi connectivity index (χ4n) is 3.33. The third-order valence-corrected chi connectivity index (χ3v) is 6.72. The number of rotatable bonds is 8. The number of nitrogens with zero attached hydrogens (tertiary/aromatic N) is 3. The maximum absolute atomic E-state index is 11.6. The van der Waals surface area contributed by atoms with Crippen molar-refractivity contribution in [2.75, 3.05) is 13.4 Å². The van der Waals surface area contributed by atoms with Gasteiger partial charge in [-0.1, -0.05) is 37.8 Å². The molecule has 1 aromatic heterocycles. The van der Waals surface area contributed by atoms with Gasteiger partial charge < -0.3 is 14.2 Å². The monoisotopic (exact) mass is 439 g/mol. The smallest absolute Gasteiger partial charge is 0.281 e. The van der Waals surface area contributed by atoms with Crippen LogP contribution in [0.1, 0.15) is 11.3 Å².